The van der Waals surface area contributed by atoms with E-state index in [2.05, 4.69) is 191 Å². The van der Waals surface area contributed by atoms with Crippen molar-refractivity contribution in [2.75, 3.05) is 0 Å². The van der Waals surface area contributed by atoms with Gasteiger partial charge in [0.15, 0.2) is 5.82 Å². The molecule has 1 heterocycles. The van der Waals surface area contributed by atoms with Crippen molar-refractivity contribution >= 4 is 21.5 Å². The van der Waals surface area contributed by atoms with Crippen LogP contribution in [0.1, 0.15) is 49.9 Å². The summed E-state index contributed by atoms with van der Waals surface area (Å²) in [5.41, 5.74) is 18.0. The molecular formula is C54H40N2. The van der Waals surface area contributed by atoms with Crippen LogP contribution in [0.15, 0.2) is 170 Å². The minimum atomic E-state index is -0.183. The van der Waals surface area contributed by atoms with Crippen LogP contribution in [0.25, 0.3) is 88.8 Å². The summed E-state index contributed by atoms with van der Waals surface area (Å²) in [6, 6.07) is 61.9. The van der Waals surface area contributed by atoms with Crippen molar-refractivity contribution in [2.24, 2.45) is 0 Å². The molecule has 0 unspecified atom stereocenters. The largest absolute Gasteiger partial charge is 0.228 e. The molecule has 0 N–H and O–H groups in total. The van der Waals surface area contributed by atoms with E-state index in [-0.39, 0.29) is 10.8 Å². The molecule has 1 aromatic heterocycles. The van der Waals surface area contributed by atoms with E-state index in [1.165, 1.54) is 77.2 Å². The topological polar surface area (TPSA) is 25.8 Å². The summed E-state index contributed by atoms with van der Waals surface area (Å²) in [7, 11) is 0. The van der Waals surface area contributed by atoms with Gasteiger partial charge >= 0.3 is 0 Å². The van der Waals surface area contributed by atoms with Gasteiger partial charge in [-0.2, -0.15) is 0 Å². The third-order valence-electron chi connectivity index (χ3n) is 12.6. The predicted octanol–water partition coefficient (Wildman–Crippen LogP) is 14.1. The van der Waals surface area contributed by atoms with Gasteiger partial charge in [0.2, 0.25) is 0 Å². The number of hydrogen-bond donors (Lipinski definition) is 0. The Morgan fingerprint density at radius 2 is 0.839 bits per heavy atom. The molecule has 2 nitrogen and oxygen atoms in total. The maximum atomic E-state index is 5.35. The third-order valence-corrected chi connectivity index (χ3v) is 12.6. The number of rotatable bonds is 4. The number of aromatic nitrogens is 2. The minimum Gasteiger partial charge on any atom is -0.228 e. The Kier molecular flexibility index (Phi) is 6.98. The van der Waals surface area contributed by atoms with Crippen LogP contribution in [0, 0.1) is 0 Å². The van der Waals surface area contributed by atoms with Gasteiger partial charge in [-0.3, -0.25) is 0 Å². The Balaban J connectivity index is 1.12. The van der Waals surface area contributed by atoms with E-state index in [4.69, 9.17) is 9.97 Å². The van der Waals surface area contributed by atoms with E-state index in [9.17, 15) is 0 Å². The van der Waals surface area contributed by atoms with E-state index >= 15 is 0 Å². The first-order chi connectivity index (χ1) is 27.3. The predicted molar refractivity (Wildman–Crippen MR) is 234 cm³/mol. The van der Waals surface area contributed by atoms with E-state index < -0.39 is 0 Å². The molecule has 56 heavy (non-hydrogen) atoms. The normalized spacial score (nSPS) is 14.4. The average molecular weight is 717 g/mol. The van der Waals surface area contributed by atoms with Crippen LogP contribution in [0.5, 0.6) is 0 Å². The van der Waals surface area contributed by atoms with Gasteiger partial charge in [0.25, 0.3) is 0 Å². The molecule has 266 valence electrons. The van der Waals surface area contributed by atoms with Crippen LogP contribution in [0.3, 0.4) is 0 Å². The van der Waals surface area contributed by atoms with E-state index in [0.717, 1.165) is 33.9 Å². The van der Waals surface area contributed by atoms with Crippen LogP contribution in [-0.2, 0) is 10.8 Å². The smallest absolute Gasteiger partial charge is 0.160 e. The van der Waals surface area contributed by atoms with Crippen molar-refractivity contribution < 1.29 is 0 Å². The van der Waals surface area contributed by atoms with Crippen molar-refractivity contribution in [3.8, 4) is 67.3 Å². The summed E-state index contributed by atoms with van der Waals surface area (Å²) in [6.45, 7) is 9.49. The summed E-state index contributed by atoms with van der Waals surface area (Å²) in [6.07, 6.45) is 0. The fourth-order valence-corrected chi connectivity index (χ4v) is 10.2. The highest BCUT2D eigenvalue weighted by atomic mass is 14.9. The molecule has 0 spiro atoms. The quantitative estimate of drug-likeness (QED) is 0.181. The first kappa shape index (κ1) is 32.8. The van der Waals surface area contributed by atoms with Crippen LogP contribution in [0.2, 0.25) is 0 Å². The molecule has 0 radical (unpaired) electrons. The molecule has 0 bridgehead atoms. The summed E-state index contributed by atoms with van der Waals surface area (Å²) in [4.78, 5) is 10.7. The second kappa shape index (κ2) is 11.9. The molecular weight excluding hydrogens is 677 g/mol. The lowest BCUT2D eigenvalue weighted by atomic mass is 9.76. The molecule has 0 amide bonds. The van der Waals surface area contributed by atoms with Crippen LogP contribution >= 0.6 is 0 Å². The summed E-state index contributed by atoms with van der Waals surface area (Å²) < 4.78 is 0. The van der Waals surface area contributed by atoms with Crippen LogP contribution < -0.4 is 0 Å². The minimum absolute atomic E-state index is 0.176. The highest BCUT2D eigenvalue weighted by molar-refractivity contribution is 6.07. The monoisotopic (exact) mass is 716 g/mol. The molecule has 0 saturated heterocycles. The zero-order valence-electron chi connectivity index (χ0n) is 32.1. The van der Waals surface area contributed by atoms with Gasteiger partial charge in [-0.15, -0.1) is 0 Å². The fourth-order valence-electron chi connectivity index (χ4n) is 10.2. The van der Waals surface area contributed by atoms with Crippen LogP contribution in [0.4, 0.5) is 0 Å². The van der Waals surface area contributed by atoms with Crippen LogP contribution in [-0.4, -0.2) is 9.97 Å². The molecule has 0 fully saturated rings. The number of hydrogen-bond acceptors (Lipinski definition) is 2. The lowest BCUT2D eigenvalue weighted by Crippen LogP contribution is -2.17. The van der Waals surface area contributed by atoms with Gasteiger partial charge in [0, 0.05) is 27.5 Å². The van der Waals surface area contributed by atoms with Crippen molar-refractivity contribution in [2.45, 2.75) is 38.5 Å². The highest BCUT2D eigenvalue weighted by Crippen LogP contribution is 2.55. The fraction of sp³-hybridized carbons (Fsp3) is 0.111. The Hall–Kier alpha value is -6.64. The van der Waals surface area contributed by atoms with Gasteiger partial charge in [-0.1, -0.05) is 191 Å². The maximum absolute atomic E-state index is 5.35. The van der Waals surface area contributed by atoms with Gasteiger partial charge in [0.05, 0.1) is 11.4 Å². The van der Waals surface area contributed by atoms with Gasteiger partial charge in [0.1, 0.15) is 0 Å². The van der Waals surface area contributed by atoms with Crippen molar-refractivity contribution in [1.29, 1.82) is 0 Å². The Bertz CT molecular complexity index is 3080. The molecule has 2 aliphatic rings. The van der Waals surface area contributed by atoms with E-state index in [0.29, 0.717) is 0 Å². The maximum Gasteiger partial charge on any atom is 0.160 e. The van der Waals surface area contributed by atoms with Gasteiger partial charge in [-0.25, -0.2) is 9.97 Å². The molecule has 11 rings (SSSR count). The van der Waals surface area contributed by atoms with Crippen molar-refractivity contribution in [3.05, 3.63) is 192 Å². The molecule has 2 aliphatic carbocycles. The Morgan fingerprint density at radius 1 is 0.339 bits per heavy atom. The van der Waals surface area contributed by atoms with Gasteiger partial charge < -0.3 is 0 Å². The van der Waals surface area contributed by atoms with E-state index in [1.807, 2.05) is 6.07 Å². The summed E-state index contributed by atoms with van der Waals surface area (Å²) in [5, 5.41) is 5.02. The number of nitrogens with zero attached hydrogens (tertiary/aromatic N) is 2. The summed E-state index contributed by atoms with van der Waals surface area (Å²) in [5.74, 6) is 0.727. The van der Waals surface area contributed by atoms with Crippen molar-refractivity contribution in [3.63, 3.8) is 0 Å². The summed E-state index contributed by atoms with van der Waals surface area (Å²) >= 11 is 0. The van der Waals surface area contributed by atoms with Crippen molar-refractivity contribution in [1.82, 2.24) is 9.97 Å². The molecule has 2 heteroatoms. The average Bonchev–Trinajstić information content (AvgIpc) is 3.63. The molecule has 9 aromatic rings. The second-order valence-electron chi connectivity index (χ2n) is 16.5. The first-order valence-corrected chi connectivity index (χ1v) is 19.7. The Labute approximate surface area is 328 Å². The highest BCUT2D eigenvalue weighted by Gasteiger charge is 2.40. The Morgan fingerprint density at radius 3 is 1.61 bits per heavy atom. The standard InChI is InChI=1S/C54H40N2/c1-53(2)46-27-13-12-22-39(46)42-24-15-26-45(51(42)53)48-32-47(55-52(56-48)34-17-6-5-7-18-34)40-31-30-38(36-20-10-11-21-37(36)40)41-23-14-25-43-44-29-28-33-16-8-9-19-35(33)49(44)54(3,4)50(41)43/h5-32H,1-4H3. The molecule has 8 aromatic carbocycles. The first-order valence-electron chi connectivity index (χ1n) is 19.7. The van der Waals surface area contributed by atoms with Gasteiger partial charge in [-0.05, 0) is 83.2 Å². The lowest BCUT2D eigenvalue weighted by molar-refractivity contribution is 0.662. The molecule has 0 saturated carbocycles. The SMILES string of the molecule is CC1(C)c2ccccc2-c2cccc(-c3cc(-c4ccc(-c5cccc6c5C(C)(C)c5c-6ccc6ccccc56)c5ccccc45)nc(-c4ccccc4)n3)c21. The number of fused-ring (bicyclic) bond motifs is 9. The molecule has 0 aliphatic heterocycles. The lowest BCUT2D eigenvalue weighted by Gasteiger charge is -2.26. The van der Waals surface area contributed by atoms with E-state index in [1.54, 1.807) is 0 Å². The zero-order chi connectivity index (χ0) is 37.8. The second-order valence-corrected chi connectivity index (χ2v) is 16.5. The molecule has 0 atom stereocenters. The third kappa shape index (κ3) is 4.62. The number of benzene rings is 8. The zero-order valence-corrected chi connectivity index (χ0v) is 32.1.